The summed E-state index contributed by atoms with van der Waals surface area (Å²) in [4.78, 5) is 8.49. The molecule has 0 bridgehead atoms. The van der Waals surface area contributed by atoms with Gasteiger partial charge in [0.25, 0.3) is 0 Å². The van der Waals surface area contributed by atoms with Gasteiger partial charge in [-0.1, -0.05) is 50.6 Å². The maximum Gasteiger partial charge on any atom is 0.136 e. The number of hydrogen-bond donors (Lipinski definition) is 0. The summed E-state index contributed by atoms with van der Waals surface area (Å²) in [7, 11) is 0. The Hall–Kier alpha value is -1.41. The van der Waals surface area contributed by atoms with Crippen LogP contribution in [0.5, 0.6) is 0 Å². The van der Waals surface area contributed by atoms with Gasteiger partial charge in [0.2, 0.25) is 0 Å². The zero-order valence-electron chi connectivity index (χ0n) is 10.9. The SMILES string of the molecule is CCc1cccc(-c2ncnc(Cl)c2C(C)C)c1. The quantitative estimate of drug-likeness (QED) is 0.761. The molecule has 0 amide bonds. The molecule has 0 saturated heterocycles. The van der Waals surface area contributed by atoms with Crippen LogP contribution in [0, 0.1) is 0 Å². The van der Waals surface area contributed by atoms with Crippen LogP contribution in [-0.4, -0.2) is 9.97 Å². The number of halogens is 1. The van der Waals surface area contributed by atoms with Crippen LogP contribution in [0.2, 0.25) is 5.15 Å². The van der Waals surface area contributed by atoms with Gasteiger partial charge in [0.05, 0.1) is 5.69 Å². The lowest BCUT2D eigenvalue weighted by molar-refractivity contribution is 0.849. The Morgan fingerprint density at radius 3 is 2.67 bits per heavy atom. The Balaban J connectivity index is 2.59. The average Bonchev–Trinajstić information content (AvgIpc) is 2.38. The average molecular weight is 261 g/mol. The van der Waals surface area contributed by atoms with Crippen molar-refractivity contribution < 1.29 is 0 Å². The van der Waals surface area contributed by atoms with E-state index in [0.29, 0.717) is 11.1 Å². The molecule has 0 aliphatic heterocycles. The van der Waals surface area contributed by atoms with Crippen LogP contribution in [0.25, 0.3) is 11.3 Å². The molecule has 0 radical (unpaired) electrons. The fourth-order valence-electron chi connectivity index (χ4n) is 2.05. The van der Waals surface area contributed by atoms with Crippen molar-refractivity contribution in [3.8, 4) is 11.3 Å². The molecular weight excluding hydrogens is 244 g/mol. The molecule has 1 aromatic heterocycles. The highest BCUT2D eigenvalue weighted by Crippen LogP contribution is 2.31. The van der Waals surface area contributed by atoms with E-state index in [0.717, 1.165) is 23.2 Å². The van der Waals surface area contributed by atoms with Crippen molar-refractivity contribution >= 4 is 11.6 Å². The van der Waals surface area contributed by atoms with Gasteiger partial charge in [-0.25, -0.2) is 9.97 Å². The summed E-state index contributed by atoms with van der Waals surface area (Å²) in [5.74, 6) is 0.305. The standard InChI is InChI=1S/C15H17ClN2/c1-4-11-6-5-7-12(8-11)14-13(10(2)3)15(16)18-9-17-14/h5-10H,4H2,1-3H3. The van der Waals surface area contributed by atoms with E-state index in [4.69, 9.17) is 11.6 Å². The highest BCUT2D eigenvalue weighted by atomic mass is 35.5. The first-order valence-electron chi connectivity index (χ1n) is 6.23. The molecule has 0 aliphatic carbocycles. The fraction of sp³-hybridized carbons (Fsp3) is 0.333. The molecule has 94 valence electrons. The van der Waals surface area contributed by atoms with Crippen LogP contribution in [0.15, 0.2) is 30.6 Å². The number of hydrogen-bond acceptors (Lipinski definition) is 2. The molecule has 0 N–H and O–H groups in total. The summed E-state index contributed by atoms with van der Waals surface area (Å²) in [5, 5.41) is 0.553. The van der Waals surface area contributed by atoms with E-state index in [2.05, 4.69) is 55.0 Å². The second-order valence-corrected chi connectivity index (χ2v) is 4.99. The van der Waals surface area contributed by atoms with E-state index in [1.807, 2.05) is 0 Å². The number of rotatable bonds is 3. The predicted molar refractivity (Wildman–Crippen MR) is 75.9 cm³/mol. The minimum atomic E-state index is 0.305. The van der Waals surface area contributed by atoms with Crippen LogP contribution in [-0.2, 0) is 6.42 Å². The number of aryl methyl sites for hydroxylation is 1. The fourth-order valence-corrected chi connectivity index (χ4v) is 2.41. The van der Waals surface area contributed by atoms with Gasteiger partial charge < -0.3 is 0 Å². The van der Waals surface area contributed by atoms with Gasteiger partial charge in [0, 0.05) is 11.1 Å². The van der Waals surface area contributed by atoms with Gasteiger partial charge in [-0.05, 0) is 24.0 Å². The lowest BCUT2D eigenvalue weighted by atomic mass is 9.97. The molecule has 0 unspecified atom stereocenters. The van der Waals surface area contributed by atoms with Crippen molar-refractivity contribution in [2.75, 3.05) is 0 Å². The second-order valence-electron chi connectivity index (χ2n) is 4.64. The van der Waals surface area contributed by atoms with Crippen LogP contribution >= 0.6 is 11.6 Å². The minimum Gasteiger partial charge on any atom is -0.236 e. The topological polar surface area (TPSA) is 25.8 Å². The molecule has 2 aromatic rings. The Kier molecular flexibility index (Phi) is 3.97. The molecule has 0 saturated carbocycles. The van der Waals surface area contributed by atoms with E-state index >= 15 is 0 Å². The molecule has 18 heavy (non-hydrogen) atoms. The van der Waals surface area contributed by atoms with Crippen molar-refractivity contribution in [3.63, 3.8) is 0 Å². The van der Waals surface area contributed by atoms with Gasteiger partial charge in [0.15, 0.2) is 0 Å². The molecule has 2 rings (SSSR count). The normalized spacial score (nSPS) is 10.9. The summed E-state index contributed by atoms with van der Waals surface area (Å²) < 4.78 is 0. The van der Waals surface area contributed by atoms with Gasteiger partial charge >= 0.3 is 0 Å². The Labute approximate surface area is 113 Å². The summed E-state index contributed by atoms with van der Waals surface area (Å²) in [5.41, 5.74) is 4.38. The maximum atomic E-state index is 6.20. The third-order valence-electron chi connectivity index (χ3n) is 3.02. The third kappa shape index (κ3) is 2.54. The lowest BCUT2D eigenvalue weighted by Crippen LogP contribution is -1.99. The Morgan fingerprint density at radius 1 is 1.22 bits per heavy atom. The highest BCUT2D eigenvalue weighted by Gasteiger charge is 2.14. The van der Waals surface area contributed by atoms with E-state index in [1.165, 1.54) is 11.9 Å². The van der Waals surface area contributed by atoms with Crippen molar-refractivity contribution in [1.29, 1.82) is 0 Å². The summed E-state index contributed by atoms with van der Waals surface area (Å²) in [6.45, 7) is 6.37. The molecule has 3 heteroatoms. The third-order valence-corrected chi connectivity index (χ3v) is 3.32. The van der Waals surface area contributed by atoms with E-state index in [9.17, 15) is 0 Å². The van der Waals surface area contributed by atoms with E-state index in [-0.39, 0.29) is 0 Å². The monoisotopic (exact) mass is 260 g/mol. The molecule has 0 spiro atoms. The van der Waals surface area contributed by atoms with Crippen LogP contribution in [0.1, 0.15) is 37.8 Å². The second kappa shape index (κ2) is 5.49. The zero-order chi connectivity index (χ0) is 13.1. The van der Waals surface area contributed by atoms with Gasteiger partial charge in [-0.15, -0.1) is 0 Å². The summed E-state index contributed by atoms with van der Waals surface area (Å²) in [6.07, 6.45) is 2.55. The van der Waals surface area contributed by atoms with Crippen LogP contribution < -0.4 is 0 Å². The number of benzene rings is 1. The molecular formula is C15H17ClN2. The van der Waals surface area contributed by atoms with Gasteiger partial charge in [-0.3, -0.25) is 0 Å². The van der Waals surface area contributed by atoms with Crippen LogP contribution in [0.3, 0.4) is 0 Å². The lowest BCUT2D eigenvalue weighted by Gasteiger charge is -2.13. The summed E-state index contributed by atoms with van der Waals surface area (Å²) >= 11 is 6.20. The number of nitrogens with zero attached hydrogens (tertiary/aromatic N) is 2. The molecule has 0 fully saturated rings. The first kappa shape index (κ1) is 13.0. The number of aromatic nitrogens is 2. The highest BCUT2D eigenvalue weighted by molar-refractivity contribution is 6.30. The minimum absolute atomic E-state index is 0.305. The Bertz CT molecular complexity index is 550. The zero-order valence-corrected chi connectivity index (χ0v) is 11.7. The predicted octanol–water partition coefficient (Wildman–Crippen LogP) is 4.48. The van der Waals surface area contributed by atoms with Crippen molar-refractivity contribution in [2.24, 2.45) is 0 Å². The van der Waals surface area contributed by atoms with Crippen molar-refractivity contribution in [1.82, 2.24) is 9.97 Å². The molecule has 2 nitrogen and oxygen atoms in total. The summed E-state index contributed by atoms with van der Waals surface area (Å²) in [6, 6.07) is 8.43. The van der Waals surface area contributed by atoms with Crippen molar-refractivity contribution in [2.45, 2.75) is 33.1 Å². The first-order valence-corrected chi connectivity index (χ1v) is 6.61. The molecule has 1 heterocycles. The first-order chi connectivity index (χ1) is 8.63. The largest absolute Gasteiger partial charge is 0.236 e. The molecule has 1 aromatic carbocycles. The smallest absolute Gasteiger partial charge is 0.136 e. The van der Waals surface area contributed by atoms with E-state index < -0.39 is 0 Å². The van der Waals surface area contributed by atoms with E-state index in [1.54, 1.807) is 0 Å². The maximum absolute atomic E-state index is 6.20. The van der Waals surface area contributed by atoms with Crippen LogP contribution in [0.4, 0.5) is 0 Å². The van der Waals surface area contributed by atoms with Gasteiger partial charge in [0.1, 0.15) is 11.5 Å². The Morgan fingerprint density at radius 2 is 2.00 bits per heavy atom. The van der Waals surface area contributed by atoms with Crippen molar-refractivity contribution in [3.05, 3.63) is 46.9 Å². The molecule has 0 atom stereocenters. The molecule has 0 aliphatic rings. The van der Waals surface area contributed by atoms with Gasteiger partial charge in [-0.2, -0.15) is 0 Å².